The molecule has 1 aromatic carbocycles. The van der Waals surface area contributed by atoms with Crippen molar-refractivity contribution >= 4 is 34.0 Å². The monoisotopic (exact) mass is 420 g/mol. The maximum absolute atomic E-state index is 13.0. The van der Waals surface area contributed by atoms with Crippen LogP contribution in [0.1, 0.15) is 55.3 Å². The molecule has 0 amide bonds. The van der Waals surface area contributed by atoms with Crippen molar-refractivity contribution in [3.05, 3.63) is 41.5 Å². The number of fused-ring (bicyclic) bond motifs is 2. The number of benzene rings is 1. The summed E-state index contributed by atoms with van der Waals surface area (Å²) in [5.74, 6) is -0.0859. The van der Waals surface area contributed by atoms with Gasteiger partial charge in [-0.25, -0.2) is 14.8 Å². The molecule has 1 fully saturated rings. The molecule has 1 atom stereocenters. The quantitative estimate of drug-likeness (QED) is 0.470. The number of carbonyl (C=O) groups excluding carboxylic acids is 1. The molecule has 2 N–H and O–H groups in total. The summed E-state index contributed by atoms with van der Waals surface area (Å²) in [6.07, 6.45) is 9.86. The maximum atomic E-state index is 13.0. The number of aryl methyl sites for hydroxylation is 1. The molecular formula is C24H28N4O3. The van der Waals surface area contributed by atoms with Gasteiger partial charge in [0.05, 0.1) is 17.1 Å². The average Bonchev–Trinajstić information content (AvgIpc) is 3.41. The van der Waals surface area contributed by atoms with Crippen molar-refractivity contribution in [1.82, 2.24) is 14.5 Å². The fraction of sp³-hybridized carbons (Fsp3) is 0.458. The molecule has 1 aliphatic carbocycles. The van der Waals surface area contributed by atoms with Gasteiger partial charge in [0, 0.05) is 13.2 Å². The predicted molar refractivity (Wildman–Crippen MR) is 120 cm³/mol. The lowest BCUT2D eigenvalue weighted by atomic mass is 9.97. The Kier molecular flexibility index (Phi) is 5.59. The summed E-state index contributed by atoms with van der Waals surface area (Å²) >= 11 is 0. The van der Waals surface area contributed by atoms with Crippen LogP contribution in [-0.2, 0) is 16.0 Å². The van der Waals surface area contributed by atoms with Crippen molar-refractivity contribution in [1.29, 1.82) is 0 Å². The van der Waals surface area contributed by atoms with Crippen LogP contribution in [0.2, 0.25) is 0 Å². The molecule has 3 aromatic rings. The van der Waals surface area contributed by atoms with Gasteiger partial charge < -0.3 is 19.8 Å². The van der Waals surface area contributed by atoms with E-state index in [4.69, 9.17) is 25.2 Å². The molecule has 31 heavy (non-hydrogen) atoms. The number of nitrogens with two attached hydrogens (primary N) is 1. The predicted octanol–water partition coefficient (Wildman–Crippen LogP) is 4.39. The summed E-state index contributed by atoms with van der Waals surface area (Å²) in [5, 5.41) is 0. The van der Waals surface area contributed by atoms with Crippen LogP contribution >= 0.6 is 0 Å². The van der Waals surface area contributed by atoms with Gasteiger partial charge in [-0.2, -0.15) is 0 Å². The topological polar surface area (TPSA) is 92.3 Å². The second kappa shape index (κ2) is 8.67. The maximum Gasteiger partial charge on any atom is 0.344 e. The fourth-order valence-electron chi connectivity index (χ4n) is 4.55. The van der Waals surface area contributed by atoms with Crippen LogP contribution in [0.5, 0.6) is 0 Å². The normalized spacial score (nSPS) is 19.1. The van der Waals surface area contributed by atoms with E-state index < -0.39 is 5.97 Å². The van der Waals surface area contributed by atoms with Crippen LogP contribution < -0.4 is 5.73 Å². The molecule has 0 radical (unpaired) electrons. The average molecular weight is 421 g/mol. The van der Waals surface area contributed by atoms with Gasteiger partial charge in [0.1, 0.15) is 23.5 Å². The Bertz CT molecular complexity index is 1140. The van der Waals surface area contributed by atoms with E-state index in [-0.39, 0.29) is 12.7 Å². The number of nitrogens with zero attached hydrogens (tertiary/aromatic N) is 3. The zero-order chi connectivity index (χ0) is 21.2. The minimum Gasteiger partial charge on any atom is -0.459 e. The van der Waals surface area contributed by atoms with Crippen LogP contribution in [0.25, 0.3) is 22.2 Å². The first-order chi connectivity index (χ1) is 15.2. The molecule has 3 heterocycles. The Morgan fingerprint density at radius 2 is 2.03 bits per heavy atom. The molecule has 0 saturated carbocycles. The first kappa shape index (κ1) is 20.0. The largest absolute Gasteiger partial charge is 0.459 e. The van der Waals surface area contributed by atoms with Crippen molar-refractivity contribution in [2.45, 2.75) is 57.6 Å². The molecular weight excluding hydrogens is 392 g/mol. The van der Waals surface area contributed by atoms with Crippen LogP contribution in [0, 0.1) is 0 Å². The third-order valence-electron chi connectivity index (χ3n) is 6.26. The lowest BCUT2D eigenvalue weighted by Crippen LogP contribution is -2.18. The number of hydrogen-bond donors (Lipinski definition) is 1. The van der Waals surface area contributed by atoms with Gasteiger partial charge in [0.15, 0.2) is 5.65 Å². The van der Waals surface area contributed by atoms with Crippen molar-refractivity contribution < 1.29 is 14.3 Å². The minimum atomic E-state index is -0.460. The summed E-state index contributed by atoms with van der Waals surface area (Å²) < 4.78 is 13.1. The second-order valence-corrected chi connectivity index (χ2v) is 8.39. The summed E-state index contributed by atoms with van der Waals surface area (Å²) in [4.78, 5) is 22.6. The number of aromatic nitrogens is 3. The van der Waals surface area contributed by atoms with Gasteiger partial charge in [0.25, 0.3) is 0 Å². The molecule has 162 valence electrons. The van der Waals surface area contributed by atoms with Gasteiger partial charge >= 0.3 is 5.97 Å². The first-order valence-corrected chi connectivity index (χ1v) is 11.2. The summed E-state index contributed by atoms with van der Waals surface area (Å²) in [7, 11) is 0. The highest BCUT2D eigenvalue weighted by atomic mass is 16.6. The van der Waals surface area contributed by atoms with E-state index in [1.54, 1.807) is 0 Å². The Hall–Kier alpha value is -2.93. The number of nitrogen functional groups attached to an aromatic ring is 1. The minimum absolute atomic E-state index is 0.0383. The Morgan fingerprint density at radius 1 is 1.19 bits per heavy atom. The van der Waals surface area contributed by atoms with E-state index in [1.165, 1.54) is 18.4 Å². The Labute approximate surface area is 181 Å². The molecule has 0 spiro atoms. The van der Waals surface area contributed by atoms with Crippen LogP contribution in [0.15, 0.2) is 35.9 Å². The van der Waals surface area contributed by atoms with E-state index in [0.29, 0.717) is 29.1 Å². The van der Waals surface area contributed by atoms with Crippen LogP contribution in [0.4, 0.5) is 5.82 Å². The number of anilines is 1. The zero-order valence-corrected chi connectivity index (χ0v) is 17.7. The summed E-state index contributed by atoms with van der Waals surface area (Å²) in [6.45, 7) is 1.62. The number of ether oxygens (including phenoxy) is 2. The number of hydrogen-bond acceptors (Lipinski definition) is 6. The van der Waals surface area contributed by atoms with Crippen molar-refractivity contribution in [3.63, 3.8) is 0 Å². The van der Waals surface area contributed by atoms with Crippen LogP contribution in [0.3, 0.4) is 0 Å². The molecule has 1 saturated heterocycles. The number of allylic oxidation sites excluding steroid dienone is 2. The van der Waals surface area contributed by atoms with E-state index in [0.717, 1.165) is 49.7 Å². The van der Waals surface area contributed by atoms with Gasteiger partial charge in [0.2, 0.25) is 0 Å². The molecule has 2 aromatic heterocycles. The number of para-hydroxylation sites is 2. The number of carbonyl (C=O) groups is 1. The molecule has 0 bridgehead atoms. The molecule has 5 rings (SSSR count). The SMILES string of the molecule is Nc1c(C(=O)OC[C@@H]2CCCO2)c2nc3ccccc3nc2n1CCC1=CCCCC1. The van der Waals surface area contributed by atoms with Crippen molar-refractivity contribution in [2.75, 3.05) is 18.9 Å². The van der Waals surface area contributed by atoms with Gasteiger partial charge in [-0.05, 0) is 57.1 Å². The number of rotatable bonds is 6. The van der Waals surface area contributed by atoms with Gasteiger partial charge in [-0.3, -0.25) is 0 Å². The summed E-state index contributed by atoms with van der Waals surface area (Å²) in [5.41, 5.74) is 10.9. The Morgan fingerprint density at radius 3 is 2.77 bits per heavy atom. The second-order valence-electron chi connectivity index (χ2n) is 8.39. The zero-order valence-electron chi connectivity index (χ0n) is 17.7. The number of esters is 1. The molecule has 7 nitrogen and oxygen atoms in total. The van der Waals surface area contributed by atoms with Crippen molar-refractivity contribution in [2.24, 2.45) is 0 Å². The van der Waals surface area contributed by atoms with Crippen LogP contribution in [-0.4, -0.2) is 39.8 Å². The lowest BCUT2D eigenvalue weighted by molar-refractivity contribution is 0.0163. The summed E-state index contributed by atoms with van der Waals surface area (Å²) in [6, 6.07) is 7.66. The highest BCUT2D eigenvalue weighted by molar-refractivity contribution is 6.08. The molecule has 0 unspecified atom stereocenters. The lowest BCUT2D eigenvalue weighted by Gasteiger charge is -2.14. The highest BCUT2D eigenvalue weighted by Crippen LogP contribution is 2.30. The Balaban J connectivity index is 1.51. The third-order valence-corrected chi connectivity index (χ3v) is 6.26. The van der Waals surface area contributed by atoms with Gasteiger partial charge in [-0.1, -0.05) is 23.8 Å². The third kappa shape index (κ3) is 4.02. The first-order valence-electron chi connectivity index (χ1n) is 11.2. The standard InChI is InChI=1S/C24H28N4O3/c25-22-20(24(29)31-15-17-9-6-14-30-17)21-23(27-19-11-5-4-10-18(19)26-21)28(22)13-12-16-7-2-1-3-8-16/h4-5,7,10-11,17H,1-3,6,8-9,12-15,25H2/t17-/m0/s1. The smallest absolute Gasteiger partial charge is 0.344 e. The molecule has 1 aliphatic heterocycles. The molecule has 7 heteroatoms. The van der Waals surface area contributed by atoms with E-state index in [1.807, 2.05) is 28.8 Å². The van der Waals surface area contributed by atoms with Gasteiger partial charge in [-0.15, -0.1) is 0 Å². The van der Waals surface area contributed by atoms with E-state index >= 15 is 0 Å². The van der Waals surface area contributed by atoms with E-state index in [2.05, 4.69) is 6.08 Å². The van der Waals surface area contributed by atoms with Crippen molar-refractivity contribution in [3.8, 4) is 0 Å². The highest BCUT2D eigenvalue weighted by Gasteiger charge is 2.26. The van der Waals surface area contributed by atoms with E-state index in [9.17, 15) is 4.79 Å². The fourth-order valence-corrected chi connectivity index (χ4v) is 4.55. The molecule has 2 aliphatic rings.